The summed E-state index contributed by atoms with van der Waals surface area (Å²) in [5, 5.41) is 4.63. The van der Waals surface area contributed by atoms with Crippen LogP contribution in [0.5, 0.6) is 0 Å². The quantitative estimate of drug-likeness (QED) is 0.538. The molecule has 1 aromatic rings. The molecule has 5 nitrogen and oxygen atoms in total. The topological polar surface area (TPSA) is 84.2 Å². The average molecular weight is 255 g/mol. The molecule has 96 valence electrons. The molecule has 1 saturated heterocycles. The second-order valence-electron chi connectivity index (χ2n) is 3.97. The van der Waals surface area contributed by atoms with Crippen molar-refractivity contribution < 1.29 is 18.4 Å². The number of hydrogen-bond donors (Lipinski definition) is 3. The minimum Gasteiger partial charge on any atom is -0.397 e. The third kappa shape index (κ3) is 2.24. The third-order valence-corrected chi connectivity index (χ3v) is 2.68. The van der Waals surface area contributed by atoms with Crippen LogP contribution in [-0.2, 0) is 9.59 Å². The normalized spacial score (nSPS) is 19.6. The zero-order valence-electron chi connectivity index (χ0n) is 9.30. The van der Waals surface area contributed by atoms with Gasteiger partial charge in [-0.2, -0.15) is 0 Å². The molecular formula is C11H11F2N3O2. The van der Waals surface area contributed by atoms with E-state index >= 15 is 0 Å². The molecule has 0 spiro atoms. The van der Waals surface area contributed by atoms with E-state index in [1.807, 2.05) is 0 Å². The molecule has 0 aliphatic carbocycles. The molecule has 1 atom stereocenters. The predicted octanol–water partition coefficient (Wildman–Crippen LogP) is 0.764. The minimum atomic E-state index is -1.14. The van der Waals surface area contributed by atoms with Gasteiger partial charge in [-0.25, -0.2) is 8.78 Å². The van der Waals surface area contributed by atoms with E-state index < -0.39 is 23.6 Å². The number of halogens is 2. The summed E-state index contributed by atoms with van der Waals surface area (Å²) in [6.07, 6.45) is 0.348. The Kier molecular flexibility index (Phi) is 3.14. The van der Waals surface area contributed by atoms with Crippen molar-refractivity contribution in [3.05, 3.63) is 23.8 Å². The molecule has 2 amide bonds. The van der Waals surface area contributed by atoms with E-state index in [-0.39, 0.29) is 30.1 Å². The molecule has 1 aliphatic heterocycles. The van der Waals surface area contributed by atoms with Gasteiger partial charge in [0.1, 0.15) is 6.04 Å². The van der Waals surface area contributed by atoms with Gasteiger partial charge in [-0.3, -0.25) is 14.9 Å². The van der Waals surface area contributed by atoms with Crippen LogP contribution in [0.15, 0.2) is 12.1 Å². The van der Waals surface area contributed by atoms with Gasteiger partial charge in [-0.05, 0) is 18.6 Å². The second-order valence-corrected chi connectivity index (χ2v) is 3.97. The highest BCUT2D eigenvalue weighted by atomic mass is 19.2. The van der Waals surface area contributed by atoms with Gasteiger partial charge in [0.05, 0.1) is 11.4 Å². The number of rotatable bonds is 2. The number of nitrogens with one attached hydrogen (secondary N) is 2. The number of piperidine rings is 1. The number of anilines is 2. The largest absolute Gasteiger partial charge is 0.397 e. The van der Waals surface area contributed by atoms with Gasteiger partial charge in [0.15, 0.2) is 11.6 Å². The van der Waals surface area contributed by atoms with Crippen molar-refractivity contribution in [2.45, 2.75) is 18.9 Å². The molecule has 0 saturated carbocycles. The van der Waals surface area contributed by atoms with E-state index in [1.54, 1.807) is 0 Å². The molecule has 0 bridgehead atoms. The van der Waals surface area contributed by atoms with Crippen LogP contribution in [-0.4, -0.2) is 17.9 Å². The van der Waals surface area contributed by atoms with Gasteiger partial charge < -0.3 is 11.1 Å². The highest BCUT2D eigenvalue weighted by Gasteiger charge is 2.28. The first-order valence-electron chi connectivity index (χ1n) is 5.32. The Labute approximate surface area is 101 Å². The maximum atomic E-state index is 13.5. The number of benzene rings is 1. The molecule has 1 unspecified atom stereocenters. The maximum Gasteiger partial charge on any atom is 0.249 e. The number of carbonyl (C=O) groups excluding carboxylic acids is 2. The van der Waals surface area contributed by atoms with E-state index in [4.69, 9.17) is 5.73 Å². The molecule has 0 radical (unpaired) electrons. The number of carbonyl (C=O) groups is 2. The van der Waals surface area contributed by atoms with Crippen molar-refractivity contribution in [1.82, 2.24) is 5.32 Å². The zero-order chi connectivity index (χ0) is 13.3. The Morgan fingerprint density at radius 2 is 2.06 bits per heavy atom. The van der Waals surface area contributed by atoms with Crippen LogP contribution in [0.1, 0.15) is 12.8 Å². The molecule has 18 heavy (non-hydrogen) atoms. The lowest BCUT2D eigenvalue weighted by Gasteiger charge is -2.23. The summed E-state index contributed by atoms with van der Waals surface area (Å²) < 4.78 is 26.6. The number of amides is 2. The van der Waals surface area contributed by atoms with E-state index in [0.29, 0.717) is 0 Å². The van der Waals surface area contributed by atoms with E-state index in [9.17, 15) is 18.4 Å². The predicted molar refractivity (Wildman–Crippen MR) is 60.6 cm³/mol. The number of nitrogens with two attached hydrogens (primary N) is 1. The van der Waals surface area contributed by atoms with E-state index in [1.165, 1.54) is 6.07 Å². The lowest BCUT2D eigenvalue weighted by molar-refractivity contribution is -0.133. The highest BCUT2D eigenvalue weighted by molar-refractivity contribution is 6.01. The Morgan fingerprint density at radius 1 is 1.33 bits per heavy atom. The fourth-order valence-corrected chi connectivity index (χ4v) is 1.72. The first-order valence-corrected chi connectivity index (χ1v) is 5.32. The first kappa shape index (κ1) is 12.3. The van der Waals surface area contributed by atoms with Gasteiger partial charge in [-0.15, -0.1) is 0 Å². The lowest BCUT2D eigenvalue weighted by Crippen LogP contribution is -2.47. The Balaban J connectivity index is 2.22. The standard InChI is InChI=1S/C11H11F2N3O2/c12-5-1-2-6(14)10(9(5)13)15-7-3-4-8(17)16-11(7)18/h1-2,7,15H,3-4,14H2,(H,16,17,18). The summed E-state index contributed by atoms with van der Waals surface area (Å²) in [4.78, 5) is 22.4. The van der Waals surface area contributed by atoms with Crippen LogP contribution in [0.3, 0.4) is 0 Å². The van der Waals surface area contributed by atoms with Crippen LogP contribution in [0.4, 0.5) is 20.2 Å². The van der Waals surface area contributed by atoms with Crippen molar-refractivity contribution in [3.63, 3.8) is 0 Å². The van der Waals surface area contributed by atoms with Crippen LogP contribution >= 0.6 is 0 Å². The Bertz CT molecular complexity index is 519. The summed E-state index contributed by atoms with van der Waals surface area (Å²) in [6.45, 7) is 0. The summed E-state index contributed by atoms with van der Waals surface area (Å²) in [6, 6.07) is 1.30. The number of hydrogen-bond acceptors (Lipinski definition) is 4. The molecule has 0 aromatic heterocycles. The van der Waals surface area contributed by atoms with Gasteiger partial charge in [0.25, 0.3) is 0 Å². The third-order valence-electron chi connectivity index (χ3n) is 2.68. The van der Waals surface area contributed by atoms with Gasteiger partial charge >= 0.3 is 0 Å². The minimum absolute atomic E-state index is 0.00130. The fourth-order valence-electron chi connectivity index (χ4n) is 1.72. The van der Waals surface area contributed by atoms with E-state index in [0.717, 1.165) is 6.07 Å². The molecule has 7 heteroatoms. The van der Waals surface area contributed by atoms with E-state index in [2.05, 4.69) is 10.6 Å². The second kappa shape index (κ2) is 4.59. The summed E-state index contributed by atoms with van der Waals surface area (Å²) in [5.41, 5.74) is 5.25. The van der Waals surface area contributed by atoms with Crippen LogP contribution in [0, 0.1) is 11.6 Å². The maximum absolute atomic E-state index is 13.5. The average Bonchev–Trinajstić information content (AvgIpc) is 2.32. The monoisotopic (exact) mass is 255 g/mol. The molecular weight excluding hydrogens is 244 g/mol. The van der Waals surface area contributed by atoms with Crippen molar-refractivity contribution in [1.29, 1.82) is 0 Å². The van der Waals surface area contributed by atoms with Crippen LogP contribution in [0.25, 0.3) is 0 Å². The van der Waals surface area contributed by atoms with Crippen LogP contribution in [0.2, 0.25) is 0 Å². The fraction of sp³-hybridized carbons (Fsp3) is 0.273. The molecule has 1 fully saturated rings. The molecule has 1 heterocycles. The molecule has 1 aromatic carbocycles. The summed E-state index contributed by atoms with van der Waals surface area (Å²) >= 11 is 0. The summed E-state index contributed by atoms with van der Waals surface area (Å²) in [5.74, 6) is -3.15. The SMILES string of the molecule is Nc1ccc(F)c(F)c1NC1CCC(=O)NC1=O. The number of imide groups is 1. The molecule has 2 rings (SSSR count). The Hall–Kier alpha value is -2.18. The van der Waals surface area contributed by atoms with Crippen molar-refractivity contribution in [3.8, 4) is 0 Å². The molecule has 1 aliphatic rings. The highest BCUT2D eigenvalue weighted by Crippen LogP contribution is 2.26. The number of nitrogen functional groups attached to an aromatic ring is 1. The van der Waals surface area contributed by atoms with Gasteiger partial charge in [0.2, 0.25) is 11.8 Å². The Morgan fingerprint density at radius 3 is 2.72 bits per heavy atom. The smallest absolute Gasteiger partial charge is 0.249 e. The van der Waals surface area contributed by atoms with Crippen LogP contribution < -0.4 is 16.4 Å². The van der Waals surface area contributed by atoms with Gasteiger partial charge in [0, 0.05) is 6.42 Å². The lowest BCUT2D eigenvalue weighted by atomic mass is 10.1. The van der Waals surface area contributed by atoms with Crippen molar-refractivity contribution in [2.75, 3.05) is 11.1 Å². The summed E-state index contributed by atoms with van der Waals surface area (Å²) in [7, 11) is 0. The first-order chi connectivity index (χ1) is 8.49. The van der Waals surface area contributed by atoms with Crippen molar-refractivity contribution in [2.24, 2.45) is 0 Å². The van der Waals surface area contributed by atoms with Crippen molar-refractivity contribution >= 4 is 23.2 Å². The molecule has 4 N–H and O–H groups in total. The zero-order valence-corrected chi connectivity index (χ0v) is 9.30. The van der Waals surface area contributed by atoms with Gasteiger partial charge in [-0.1, -0.05) is 0 Å².